The molecule has 1 aliphatic heterocycles. The van der Waals surface area contributed by atoms with Crippen LogP contribution in [-0.4, -0.2) is 49.4 Å². The van der Waals surface area contributed by atoms with Crippen LogP contribution in [0.25, 0.3) is 0 Å². The lowest BCUT2D eigenvalue weighted by atomic mass is 9.96. The SMILES string of the molecule is CSC1CCCC(NS(=O)(=O)N2CCCCC2CN)C1. The molecular formula is C13H27N3O2S2. The fraction of sp³-hybridized carbons (Fsp3) is 1.00. The summed E-state index contributed by atoms with van der Waals surface area (Å²) in [4.78, 5) is 0. The molecule has 0 aromatic heterocycles. The van der Waals surface area contributed by atoms with Crippen molar-refractivity contribution < 1.29 is 8.42 Å². The lowest BCUT2D eigenvalue weighted by molar-refractivity contribution is 0.251. The summed E-state index contributed by atoms with van der Waals surface area (Å²) in [6.07, 6.45) is 9.22. The molecule has 2 aliphatic rings. The molecule has 118 valence electrons. The van der Waals surface area contributed by atoms with E-state index in [1.54, 1.807) is 4.31 Å². The van der Waals surface area contributed by atoms with E-state index in [9.17, 15) is 8.42 Å². The fourth-order valence-electron chi connectivity index (χ4n) is 3.27. The second kappa shape index (κ2) is 7.45. The topological polar surface area (TPSA) is 75.4 Å². The van der Waals surface area contributed by atoms with Gasteiger partial charge in [-0.2, -0.15) is 29.2 Å². The summed E-state index contributed by atoms with van der Waals surface area (Å²) in [6, 6.07) is 0.0627. The van der Waals surface area contributed by atoms with Crippen LogP contribution in [0.4, 0.5) is 0 Å². The van der Waals surface area contributed by atoms with Gasteiger partial charge in [0, 0.05) is 30.4 Å². The molecule has 1 saturated carbocycles. The Balaban J connectivity index is 1.98. The number of piperidine rings is 1. The first kappa shape index (κ1) is 16.5. The van der Waals surface area contributed by atoms with Crippen molar-refractivity contribution in [3.8, 4) is 0 Å². The van der Waals surface area contributed by atoms with Gasteiger partial charge in [0.05, 0.1) is 0 Å². The number of hydrogen-bond acceptors (Lipinski definition) is 4. The van der Waals surface area contributed by atoms with E-state index in [1.807, 2.05) is 11.8 Å². The first-order chi connectivity index (χ1) is 9.56. The van der Waals surface area contributed by atoms with E-state index < -0.39 is 10.2 Å². The van der Waals surface area contributed by atoms with Crippen LogP contribution in [0.1, 0.15) is 44.9 Å². The molecule has 3 atom stereocenters. The molecule has 0 spiro atoms. The van der Waals surface area contributed by atoms with Crippen LogP contribution in [-0.2, 0) is 10.2 Å². The van der Waals surface area contributed by atoms with Gasteiger partial charge in [-0.3, -0.25) is 0 Å². The molecule has 0 amide bonds. The molecule has 5 nitrogen and oxygen atoms in total. The van der Waals surface area contributed by atoms with Gasteiger partial charge in [0.2, 0.25) is 0 Å². The third kappa shape index (κ3) is 4.10. The maximum Gasteiger partial charge on any atom is 0.279 e. The van der Waals surface area contributed by atoms with Gasteiger partial charge in [0.25, 0.3) is 10.2 Å². The Morgan fingerprint density at radius 3 is 2.75 bits per heavy atom. The highest BCUT2D eigenvalue weighted by molar-refractivity contribution is 7.99. The number of hydrogen-bond donors (Lipinski definition) is 2. The van der Waals surface area contributed by atoms with Gasteiger partial charge in [0.15, 0.2) is 0 Å². The molecule has 1 saturated heterocycles. The molecule has 0 aromatic carbocycles. The van der Waals surface area contributed by atoms with Crippen LogP contribution >= 0.6 is 11.8 Å². The Kier molecular flexibility index (Phi) is 6.16. The van der Waals surface area contributed by atoms with E-state index >= 15 is 0 Å². The predicted octanol–water partition coefficient (Wildman–Crippen LogP) is 1.31. The van der Waals surface area contributed by atoms with Crippen LogP contribution in [0.3, 0.4) is 0 Å². The molecule has 3 N–H and O–H groups in total. The molecule has 1 heterocycles. The number of thioether (sulfide) groups is 1. The van der Waals surface area contributed by atoms with Crippen molar-refractivity contribution in [3.05, 3.63) is 0 Å². The highest BCUT2D eigenvalue weighted by Crippen LogP contribution is 2.28. The van der Waals surface area contributed by atoms with Gasteiger partial charge < -0.3 is 5.73 Å². The van der Waals surface area contributed by atoms with Gasteiger partial charge in [-0.15, -0.1) is 0 Å². The lowest BCUT2D eigenvalue weighted by Crippen LogP contribution is -2.54. The lowest BCUT2D eigenvalue weighted by Gasteiger charge is -2.36. The van der Waals surface area contributed by atoms with Crippen molar-refractivity contribution in [2.45, 2.75) is 62.3 Å². The number of nitrogens with two attached hydrogens (primary N) is 1. The van der Waals surface area contributed by atoms with E-state index in [0.29, 0.717) is 18.3 Å². The Morgan fingerprint density at radius 2 is 2.05 bits per heavy atom. The minimum absolute atomic E-state index is 0.0267. The third-order valence-electron chi connectivity index (χ3n) is 4.43. The molecule has 2 fully saturated rings. The zero-order valence-corrected chi connectivity index (χ0v) is 13.9. The summed E-state index contributed by atoms with van der Waals surface area (Å²) in [5.41, 5.74) is 5.73. The zero-order chi connectivity index (χ0) is 14.6. The van der Waals surface area contributed by atoms with Gasteiger partial charge in [-0.1, -0.05) is 12.8 Å². The summed E-state index contributed by atoms with van der Waals surface area (Å²) in [5, 5.41) is 0.586. The Morgan fingerprint density at radius 1 is 1.25 bits per heavy atom. The third-order valence-corrected chi connectivity index (χ3v) is 7.25. The number of nitrogens with one attached hydrogen (secondary N) is 1. The van der Waals surface area contributed by atoms with Crippen molar-refractivity contribution in [2.24, 2.45) is 5.73 Å². The van der Waals surface area contributed by atoms with Crippen molar-refractivity contribution in [1.82, 2.24) is 9.03 Å². The van der Waals surface area contributed by atoms with Gasteiger partial charge in [0.1, 0.15) is 0 Å². The van der Waals surface area contributed by atoms with Crippen molar-refractivity contribution >= 4 is 22.0 Å². The minimum atomic E-state index is -3.38. The van der Waals surface area contributed by atoms with Gasteiger partial charge in [-0.05, 0) is 38.4 Å². The van der Waals surface area contributed by atoms with Crippen molar-refractivity contribution in [1.29, 1.82) is 0 Å². The van der Waals surface area contributed by atoms with Crippen LogP contribution in [0, 0.1) is 0 Å². The molecule has 3 unspecified atom stereocenters. The maximum atomic E-state index is 12.6. The van der Waals surface area contributed by atoms with E-state index in [-0.39, 0.29) is 12.1 Å². The second-order valence-electron chi connectivity index (χ2n) is 5.84. The normalized spacial score (nSPS) is 33.2. The quantitative estimate of drug-likeness (QED) is 0.800. The number of nitrogens with zero attached hydrogens (tertiary/aromatic N) is 1. The predicted molar refractivity (Wildman–Crippen MR) is 85.0 cm³/mol. The van der Waals surface area contributed by atoms with E-state index in [4.69, 9.17) is 5.73 Å². The summed E-state index contributed by atoms with van der Waals surface area (Å²) >= 11 is 1.85. The van der Waals surface area contributed by atoms with Crippen molar-refractivity contribution in [2.75, 3.05) is 19.3 Å². The Bertz CT molecular complexity index is 402. The minimum Gasteiger partial charge on any atom is -0.329 e. The average Bonchev–Trinajstić information content (AvgIpc) is 2.47. The van der Waals surface area contributed by atoms with Crippen LogP contribution in [0.5, 0.6) is 0 Å². The molecular weight excluding hydrogens is 294 g/mol. The highest BCUT2D eigenvalue weighted by atomic mass is 32.2. The Hall–Kier alpha value is 0.180. The average molecular weight is 322 g/mol. The molecule has 0 aromatic rings. The highest BCUT2D eigenvalue weighted by Gasteiger charge is 2.34. The van der Waals surface area contributed by atoms with E-state index in [2.05, 4.69) is 11.0 Å². The first-order valence-corrected chi connectivity index (χ1v) is 10.3. The van der Waals surface area contributed by atoms with Crippen LogP contribution < -0.4 is 10.5 Å². The van der Waals surface area contributed by atoms with Gasteiger partial charge >= 0.3 is 0 Å². The van der Waals surface area contributed by atoms with E-state index in [0.717, 1.165) is 38.5 Å². The smallest absolute Gasteiger partial charge is 0.279 e. The first-order valence-electron chi connectivity index (χ1n) is 7.58. The molecule has 2 rings (SSSR count). The molecule has 0 bridgehead atoms. The van der Waals surface area contributed by atoms with Gasteiger partial charge in [-0.25, -0.2) is 0 Å². The second-order valence-corrected chi connectivity index (χ2v) is 8.63. The molecule has 1 aliphatic carbocycles. The Labute approximate surface area is 127 Å². The summed E-state index contributed by atoms with van der Waals surface area (Å²) in [6.45, 7) is 1.02. The largest absolute Gasteiger partial charge is 0.329 e. The molecule has 20 heavy (non-hydrogen) atoms. The maximum absolute atomic E-state index is 12.6. The van der Waals surface area contributed by atoms with Crippen LogP contribution in [0.2, 0.25) is 0 Å². The monoisotopic (exact) mass is 321 g/mol. The zero-order valence-electron chi connectivity index (χ0n) is 12.3. The van der Waals surface area contributed by atoms with E-state index in [1.165, 1.54) is 6.42 Å². The molecule has 7 heteroatoms. The summed E-state index contributed by atoms with van der Waals surface area (Å²) < 4.78 is 29.7. The van der Waals surface area contributed by atoms with Crippen LogP contribution in [0.15, 0.2) is 0 Å². The summed E-state index contributed by atoms with van der Waals surface area (Å²) in [5.74, 6) is 0. The van der Waals surface area contributed by atoms with Crippen molar-refractivity contribution in [3.63, 3.8) is 0 Å². The standard InChI is InChI=1S/C13H27N3O2S2/c1-19-13-7-4-5-11(9-13)15-20(17,18)16-8-3-2-6-12(16)10-14/h11-13,15H,2-10,14H2,1H3. The fourth-order valence-corrected chi connectivity index (χ4v) is 5.82. The molecule has 0 radical (unpaired) electrons. The number of rotatable bonds is 5. The summed E-state index contributed by atoms with van der Waals surface area (Å²) in [7, 11) is -3.38.